The van der Waals surface area contributed by atoms with Crippen molar-refractivity contribution in [2.24, 2.45) is 0 Å². The Hall–Kier alpha value is -0.380. The summed E-state index contributed by atoms with van der Waals surface area (Å²) in [5, 5.41) is 9.91. The van der Waals surface area contributed by atoms with E-state index in [1.807, 2.05) is 25.2 Å². The molecular weight excluding hydrogens is 218 g/mol. The second-order valence-corrected chi connectivity index (χ2v) is 4.87. The molecule has 1 aliphatic rings. The molecule has 0 fully saturated rings. The van der Waals surface area contributed by atoms with Crippen LogP contribution in [0.15, 0.2) is 23.1 Å². The molecule has 1 unspecified atom stereocenters. The third kappa shape index (κ3) is 1.72. The van der Waals surface area contributed by atoms with Crippen molar-refractivity contribution in [3.8, 4) is 0 Å². The smallest absolute Gasteiger partial charge is 0.0643 e. The van der Waals surface area contributed by atoms with Gasteiger partial charge in [0.25, 0.3) is 0 Å². The van der Waals surface area contributed by atoms with Crippen LogP contribution in [0.4, 0.5) is 5.69 Å². The lowest BCUT2D eigenvalue weighted by atomic mass is 10.2. The zero-order valence-corrected chi connectivity index (χ0v) is 9.48. The molecule has 0 bridgehead atoms. The Morgan fingerprint density at radius 1 is 1.64 bits per heavy atom. The van der Waals surface area contributed by atoms with Crippen molar-refractivity contribution < 1.29 is 5.11 Å². The highest BCUT2D eigenvalue weighted by Gasteiger charge is 2.23. The number of aliphatic hydroxyl groups excluding tert-OH is 1. The van der Waals surface area contributed by atoms with Gasteiger partial charge in [-0.3, -0.25) is 0 Å². The number of anilines is 1. The predicted octanol–water partition coefficient (Wildman–Crippen LogP) is 2.24. The fourth-order valence-corrected chi connectivity index (χ4v) is 2.94. The molecule has 1 atom stereocenters. The third-order valence-electron chi connectivity index (χ3n) is 2.49. The first-order chi connectivity index (χ1) is 6.72. The van der Waals surface area contributed by atoms with Crippen LogP contribution in [0.3, 0.4) is 0 Å². The van der Waals surface area contributed by atoms with Crippen LogP contribution < -0.4 is 4.90 Å². The number of aliphatic hydroxyl groups is 1. The summed E-state index contributed by atoms with van der Waals surface area (Å²) in [7, 11) is 2.00. The summed E-state index contributed by atoms with van der Waals surface area (Å²) < 4.78 is 0. The van der Waals surface area contributed by atoms with Crippen LogP contribution >= 0.6 is 23.4 Å². The van der Waals surface area contributed by atoms with E-state index in [2.05, 4.69) is 4.90 Å². The van der Waals surface area contributed by atoms with E-state index in [1.165, 1.54) is 4.90 Å². The van der Waals surface area contributed by atoms with Crippen LogP contribution in [0.1, 0.15) is 0 Å². The number of halogens is 1. The normalized spacial score (nSPS) is 20.8. The van der Waals surface area contributed by atoms with Gasteiger partial charge >= 0.3 is 0 Å². The van der Waals surface area contributed by atoms with Gasteiger partial charge in [-0.05, 0) is 18.2 Å². The quantitative estimate of drug-likeness (QED) is 0.799. The first-order valence-corrected chi connectivity index (χ1v) is 5.85. The van der Waals surface area contributed by atoms with Crippen molar-refractivity contribution in [1.29, 1.82) is 0 Å². The molecule has 1 heterocycles. The molecule has 1 aromatic rings. The molecule has 0 aliphatic carbocycles. The van der Waals surface area contributed by atoms with Crippen LogP contribution in [-0.2, 0) is 0 Å². The number of likely N-dealkylation sites (N-methyl/N-ethyl adjacent to an activating group) is 1. The molecule has 0 radical (unpaired) electrons. The zero-order chi connectivity index (χ0) is 10.1. The van der Waals surface area contributed by atoms with E-state index in [-0.39, 0.29) is 12.6 Å². The van der Waals surface area contributed by atoms with Crippen LogP contribution in [0, 0.1) is 0 Å². The largest absolute Gasteiger partial charge is 0.394 e. The van der Waals surface area contributed by atoms with Crippen molar-refractivity contribution in [3.63, 3.8) is 0 Å². The average molecular weight is 230 g/mol. The predicted molar refractivity (Wildman–Crippen MR) is 61.5 cm³/mol. The highest BCUT2D eigenvalue weighted by Crippen LogP contribution is 2.37. The number of benzene rings is 1. The molecule has 0 saturated heterocycles. The van der Waals surface area contributed by atoms with E-state index in [0.29, 0.717) is 0 Å². The lowest BCUT2D eigenvalue weighted by Crippen LogP contribution is -2.39. The van der Waals surface area contributed by atoms with Crippen molar-refractivity contribution in [2.45, 2.75) is 10.9 Å². The summed E-state index contributed by atoms with van der Waals surface area (Å²) in [6.07, 6.45) is 0. The molecule has 1 aliphatic heterocycles. The second-order valence-electron chi connectivity index (χ2n) is 3.37. The first kappa shape index (κ1) is 10.1. The number of hydrogen-bond acceptors (Lipinski definition) is 3. The number of rotatable bonds is 1. The van der Waals surface area contributed by atoms with Gasteiger partial charge < -0.3 is 10.0 Å². The average Bonchev–Trinajstić information content (AvgIpc) is 2.20. The maximum absolute atomic E-state index is 9.17. The molecule has 0 aromatic heterocycles. The van der Waals surface area contributed by atoms with Crippen molar-refractivity contribution in [1.82, 2.24) is 0 Å². The Balaban J connectivity index is 2.38. The summed E-state index contributed by atoms with van der Waals surface area (Å²) in [6.45, 7) is 0.190. The van der Waals surface area contributed by atoms with Gasteiger partial charge in [-0.15, -0.1) is 11.8 Å². The molecule has 76 valence electrons. The fourth-order valence-electron chi connectivity index (χ4n) is 1.56. The van der Waals surface area contributed by atoms with E-state index < -0.39 is 0 Å². The Kier molecular flexibility index (Phi) is 2.91. The monoisotopic (exact) mass is 229 g/mol. The molecule has 4 heteroatoms. The van der Waals surface area contributed by atoms with Gasteiger partial charge in [0.15, 0.2) is 0 Å². The number of nitrogens with zero attached hydrogens (tertiary/aromatic N) is 1. The van der Waals surface area contributed by atoms with Crippen LogP contribution in [0.2, 0.25) is 5.02 Å². The Morgan fingerprint density at radius 3 is 3.14 bits per heavy atom. The maximum Gasteiger partial charge on any atom is 0.0643 e. The molecule has 14 heavy (non-hydrogen) atoms. The SMILES string of the molecule is CN1c2cc(Cl)ccc2SCC1CO. The van der Waals surface area contributed by atoms with Gasteiger partial charge in [0, 0.05) is 22.7 Å². The molecule has 0 saturated carbocycles. The van der Waals surface area contributed by atoms with E-state index in [4.69, 9.17) is 16.7 Å². The summed E-state index contributed by atoms with van der Waals surface area (Å²) in [4.78, 5) is 3.33. The highest BCUT2D eigenvalue weighted by molar-refractivity contribution is 7.99. The third-order valence-corrected chi connectivity index (χ3v) is 3.93. The molecule has 2 rings (SSSR count). The molecule has 1 N–H and O–H groups in total. The zero-order valence-electron chi connectivity index (χ0n) is 7.90. The number of fused-ring (bicyclic) bond motifs is 1. The standard InChI is InChI=1S/C10H12ClNOS/c1-12-8(5-13)6-14-10-3-2-7(11)4-9(10)12/h2-4,8,13H,5-6H2,1H3. The minimum atomic E-state index is 0.190. The van der Waals surface area contributed by atoms with Crippen LogP contribution in [-0.4, -0.2) is 30.6 Å². The summed E-state index contributed by atoms with van der Waals surface area (Å²) in [5.74, 6) is 0.932. The van der Waals surface area contributed by atoms with Crippen molar-refractivity contribution >= 4 is 29.1 Å². The highest BCUT2D eigenvalue weighted by atomic mass is 35.5. The van der Waals surface area contributed by atoms with Crippen molar-refractivity contribution in [3.05, 3.63) is 23.2 Å². The van der Waals surface area contributed by atoms with Gasteiger partial charge in [-0.25, -0.2) is 0 Å². The lowest BCUT2D eigenvalue weighted by Gasteiger charge is -2.34. The lowest BCUT2D eigenvalue weighted by molar-refractivity contribution is 0.271. The van der Waals surface area contributed by atoms with Crippen molar-refractivity contribution in [2.75, 3.05) is 24.3 Å². The minimum Gasteiger partial charge on any atom is -0.394 e. The van der Waals surface area contributed by atoms with Crippen LogP contribution in [0.25, 0.3) is 0 Å². The molecule has 0 spiro atoms. The molecular formula is C10H12ClNOS. The first-order valence-electron chi connectivity index (χ1n) is 4.48. The fraction of sp³-hybridized carbons (Fsp3) is 0.400. The maximum atomic E-state index is 9.17. The van der Waals surface area contributed by atoms with Gasteiger partial charge in [-0.2, -0.15) is 0 Å². The summed E-state index contributed by atoms with van der Waals surface area (Å²) >= 11 is 7.71. The summed E-state index contributed by atoms with van der Waals surface area (Å²) in [5.41, 5.74) is 1.12. The Morgan fingerprint density at radius 2 is 2.43 bits per heavy atom. The Labute approximate surface area is 92.9 Å². The summed E-state index contributed by atoms with van der Waals surface area (Å²) in [6, 6.07) is 6.09. The van der Waals surface area contributed by atoms with Gasteiger partial charge in [0.2, 0.25) is 0 Å². The second kappa shape index (κ2) is 4.01. The Bertz CT molecular complexity index is 345. The minimum absolute atomic E-state index is 0.190. The van der Waals surface area contributed by atoms with E-state index in [9.17, 15) is 0 Å². The van der Waals surface area contributed by atoms with Crippen LogP contribution in [0.5, 0.6) is 0 Å². The van der Waals surface area contributed by atoms with Gasteiger partial charge in [-0.1, -0.05) is 11.6 Å². The van der Waals surface area contributed by atoms with E-state index >= 15 is 0 Å². The van der Waals surface area contributed by atoms with E-state index in [0.717, 1.165) is 16.5 Å². The number of hydrogen-bond donors (Lipinski definition) is 1. The molecule has 2 nitrogen and oxygen atoms in total. The van der Waals surface area contributed by atoms with Gasteiger partial charge in [0.05, 0.1) is 18.3 Å². The van der Waals surface area contributed by atoms with E-state index in [1.54, 1.807) is 11.8 Å². The number of thioether (sulfide) groups is 1. The molecule has 1 aromatic carbocycles. The topological polar surface area (TPSA) is 23.5 Å². The molecule has 0 amide bonds. The van der Waals surface area contributed by atoms with Gasteiger partial charge in [0.1, 0.15) is 0 Å².